The second-order valence-electron chi connectivity index (χ2n) is 5.14. The number of thioether (sulfide) groups is 1. The predicted octanol–water partition coefficient (Wildman–Crippen LogP) is 2.67. The van der Waals surface area contributed by atoms with E-state index in [0.717, 1.165) is 23.6 Å². The lowest BCUT2D eigenvalue weighted by molar-refractivity contribution is -0.136. The highest BCUT2D eigenvalue weighted by Crippen LogP contribution is 2.18. The molecule has 21 heavy (non-hydrogen) atoms. The number of hydrogen-bond acceptors (Lipinski definition) is 3. The van der Waals surface area contributed by atoms with Crippen LogP contribution in [0.5, 0.6) is 0 Å². The maximum Gasteiger partial charge on any atom is 0.322 e. The molecular weight excluding hydrogens is 288 g/mol. The predicted molar refractivity (Wildman–Crippen MR) is 84.9 cm³/mol. The van der Waals surface area contributed by atoms with Crippen molar-refractivity contribution in [1.82, 2.24) is 4.90 Å². The number of carboxylic acid groups (broad SMARTS) is 1. The standard InChI is InChI=1S/C15H20N2O3S/c1-11-10-21-8-7-17(11)15(20)16-13-4-2-3-12(9-13)5-6-14(18)19/h2-4,9,11H,5-8,10H2,1H3,(H,16,20)(H,18,19). The molecule has 0 saturated carbocycles. The summed E-state index contributed by atoms with van der Waals surface area (Å²) in [7, 11) is 0. The third kappa shape index (κ3) is 4.67. The number of carboxylic acids is 1. The number of anilines is 1. The molecule has 5 nitrogen and oxygen atoms in total. The Hall–Kier alpha value is -1.69. The van der Waals surface area contributed by atoms with Crippen molar-refractivity contribution in [1.29, 1.82) is 0 Å². The van der Waals surface area contributed by atoms with Gasteiger partial charge in [0.2, 0.25) is 0 Å². The molecule has 0 spiro atoms. The molecule has 2 N–H and O–H groups in total. The molecule has 2 amide bonds. The number of aliphatic carboxylic acids is 1. The van der Waals surface area contributed by atoms with E-state index in [1.807, 2.05) is 40.9 Å². The van der Waals surface area contributed by atoms with Gasteiger partial charge in [0.15, 0.2) is 0 Å². The molecule has 0 aliphatic carbocycles. The lowest BCUT2D eigenvalue weighted by Crippen LogP contribution is -2.46. The van der Waals surface area contributed by atoms with Gasteiger partial charge in [-0.1, -0.05) is 12.1 Å². The lowest BCUT2D eigenvalue weighted by Gasteiger charge is -2.33. The van der Waals surface area contributed by atoms with Crippen LogP contribution in [0.25, 0.3) is 0 Å². The summed E-state index contributed by atoms with van der Waals surface area (Å²) in [5, 5.41) is 11.6. The number of nitrogens with zero attached hydrogens (tertiary/aromatic N) is 1. The maximum atomic E-state index is 12.3. The molecule has 1 heterocycles. The van der Waals surface area contributed by atoms with Gasteiger partial charge >= 0.3 is 12.0 Å². The van der Waals surface area contributed by atoms with Gasteiger partial charge < -0.3 is 15.3 Å². The Kier molecular flexibility index (Phi) is 5.50. The minimum absolute atomic E-state index is 0.0850. The molecule has 114 valence electrons. The molecule has 1 aromatic carbocycles. The number of hydrogen-bond donors (Lipinski definition) is 2. The summed E-state index contributed by atoms with van der Waals surface area (Å²) in [5.41, 5.74) is 1.63. The minimum atomic E-state index is -0.816. The van der Waals surface area contributed by atoms with Crippen molar-refractivity contribution >= 4 is 29.4 Å². The normalized spacial score (nSPS) is 18.3. The fraction of sp³-hybridized carbons (Fsp3) is 0.467. The Morgan fingerprint density at radius 2 is 2.29 bits per heavy atom. The first-order chi connectivity index (χ1) is 10.1. The van der Waals surface area contributed by atoms with Crippen LogP contribution in [0.15, 0.2) is 24.3 Å². The number of amides is 2. The van der Waals surface area contributed by atoms with Gasteiger partial charge in [-0.15, -0.1) is 0 Å². The van der Waals surface area contributed by atoms with Crippen molar-refractivity contribution < 1.29 is 14.7 Å². The van der Waals surface area contributed by atoms with E-state index < -0.39 is 5.97 Å². The Bertz CT molecular complexity index is 521. The molecule has 1 fully saturated rings. The second-order valence-corrected chi connectivity index (χ2v) is 6.29. The summed E-state index contributed by atoms with van der Waals surface area (Å²) in [6, 6.07) is 7.52. The van der Waals surface area contributed by atoms with Gasteiger partial charge in [-0.3, -0.25) is 4.79 Å². The zero-order chi connectivity index (χ0) is 15.2. The molecule has 1 aromatic rings. The Morgan fingerprint density at radius 3 is 3.00 bits per heavy atom. The van der Waals surface area contributed by atoms with Gasteiger partial charge in [0.1, 0.15) is 0 Å². The van der Waals surface area contributed by atoms with Crippen LogP contribution >= 0.6 is 11.8 Å². The summed E-state index contributed by atoms with van der Waals surface area (Å²) in [6.07, 6.45) is 0.563. The molecule has 1 unspecified atom stereocenters. The first-order valence-corrected chi connectivity index (χ1v) is 8.18. The molecule has 1 atom stereocenters. The van der Waals surface area contributed by atoms with E-state index in [1.54, 1.807) is 0 Å². The van der Waals surface area contributed by atoms with E-state index in [-0.39, 0.29) is 18.5 Å². The molecule has 0 radical (unpaired) electrons. The summed E-state index contributed by atoms with van der Waals surface area (Å²) in [5.74, 6) is 1.12. The minimum Gasteiger partial charge on any atom is -0.481 e. The topological polar surface area (TPSA) is 69.6 Å². The van der Waals surface area contributed by atoms with Crippen molar-refractivity contribution in [2.45, 2.75) is 25.8 Å². The van der Waals surface area contributed by atoms with Gasteiger partial charge in [0, 0.05) is 36.2 Å². The van der Waals surface area contributed by atoms with Gasteiger partial charge in [0.25, 0.3) is 0 Å². The highest BCUT2D eigenvalue weighted by Gasteiger charge is 2.23. The quantitative estimate of drug-likeness (QED) is 0.897. The van der Waals surface area contributed by atoms with Crippen LogP contribution in [0.4, 0.5) is 10.5 Å². The van der Waals surface area contributed by atoms with Crippen molar-refractivity contribution in [3.8, 4) is 0 Å². The zero-order valence-corrected chi connectivity index (χ0v) is 12.9. The molecule has 1 aliphatic heterocycles. The fourth-order valence-corrected chi connectivity index (χ4v) is 3.29. The third-order valence-corrected chi connectivity index (χ3v) is 4.62. The summed E-state index contributed by atoms with van der Waals surface area (Å²) in [6.45, 7) is 2.81. The van der Waals surface area contributed by atoms with E-state index in [0.29, 0.717) is 12.1 Å². The second kappa shape index (κ2) is 7.36. The highest BCUT2D eigenvalue weighted by atomic mass is 32.2. The van der Waals surface area contributed by atoms with Crippen LogP contribution in [-0.4, -0.2) is 46.1 Å². The van der Waals surface area contributed by atoms with Crippen LogP contribution in [0.3, 0.4) is 0 Å². The summed E-state index contributed by atoms with van der Waals surface area (Å²) >= 11 is 1.86. The first-order valence-electron chi connectivity index (χ1n) is 7.02. The molecular formula is C15H20N2O3S. The van der Waals surface area contributed by atoms with Gasteiger partial charge in [-0.2, -0.15) is 11.8 Å². The van der Waals surface area contributed by atoms with E-state index in [2.05, 4.69) is 12.2 Å². The van der Waals surface area contributed by atoms with Gasteiger partial charge in [-0.05, 0) is 31.0 Å². The first kappa shape index (κ1) is 15.7. The number of aryl methyl sites for hydroxylation is 1. The van der Waals surface area contributed by atoms with Crippen LogP contribution in [0.1, 0.15) is 18.9 Å². The zero-order valence-electron chi connectivity index (χ0n) is 12.0. The molecule has 1 aliphatic rings. The number of benzene rings is 1. The fourth-order valence-electron chi connectivity index (χ4n) is 2.28. The van der Waals surface area contributed by atoms with Crippen molar-refractivity contribution in [3.05, 3.63) is 29.8 Å². The SMILES string of the molecule is CC1CSCCN1C(=O)Nc1cccc(CCC(=O)O)c1. The monoisotopic (exact) mass is 308 g/mol. The molecule has 2 rings (SSSR count). The largest absolute Gasteiger partial charge is 0.481 e. The summed E-state index contributed by atoms with van der Waals surface area (Å²) in [4.78, 5) is 24.7. The van der Waals surface area contributed by atoms with E-state index in [9.17, 15) is 9.59 Å². The lowest BCUT2D eigenvalue weighted by atomic mass is 10.1. The molecule has 0 aromatic heterocycles. The molecule has 6 heteroatoms. The van der Waals surface area contributed by atoms with Crippen LogP contribution in [-0.2, 0) is 11.2 Å². The van der Waals surface area contributed by atoms with Crippen LogP contribution in [0, 0.1) is 0 Å². The van der Waals surface area contributed by atoms with Crippen molar-refractivity contribution in [3.63, 3.8) is 0 Å². The highest BCUT2D eigenvalue weighted by molar-refractivity contribution is 7.99. The number of nitrogens with one attached hydrogen (secondary N) is 1. The average Bonchev–Trinajstić information content (AvgIpc) is 2.46. The Balaban J connectivity index is 1.97. The van der Waals surface area contributed by atoms with Gasteiger partial charge in [0.05, 0.1) is 0 Å². The van der Waals surface area contributed by atoms with Crippen molar-refractivity contribution in [2.24, 2.45) is 0 Å². The number of rotatable bonds is 4. The van der Waals surface area contributed by atoms with E-state index in [1.165, 1.54) is 0 Å². The average molecular weight is 308 g/mol. The number of carbonyl (C=O) groups is 2. The van der Waals surface area contributed by atoms with Crippen molar-refractivity contribution in [2.75, 3.05) is 23.4 Å². The Morgan fingerprint density at radius 1 is 1.48 bits per heavy atom. The Labute approximate surface area is 128 Å². The molecule has 1 saturated heterocycles. The number of carbonyl (C=O) groups excluding carboxylic acids is 1. The summed E-state index contributed by atoms with van der Waals surface area (Å²) < 4.78 is 0. The van der Waals surface area contributed by atoms with E-state index >= 15 is 0 Å². The maximum absolute atomic E-state index is 12.3. The third-order valence-electron chi connectivity index (χ3n) is 3.43. The number of urea groups is 1. The van der Waals surface area contributed by atoms with Gasteiger partial charge in [-0.25, -0.2) is 4.79 Å². The van der Waals surface area contributed by atoms with E-state index in [4.69, 9.17) is 5.11 Å². The van der Waals surface area contributed by atoms with Crippen LogP contribution < -0.4 is 5.32 Å². The van der Waals surface area contributed by atoms with Crippen LogP contribution in [0.2, 0.25) is 0 Å². The molecule has 0 bridgehead atoms. The smallest absolute Gasteiger partial charge is 0.322 e.